The van der Waals surface area contributed by atoms with E-state index in [2.05, 4.69) is 37.9 Å². The van der Waals surface area contributed by atoms with E-state index in [-0.39, 0.29) is 0 Å². The number of methoxy groups -OCH3 is 3. The lowest BCUT2D eigenvalue weighted by atomic mass is 10.1. The van der Waals surface area contributed by atoms with Crippen molar-refractivity contribution in [1.29, 1.82) is 0 Å². The average Bonchev–Trinajstić information content (AvgIpc) is 2.52. The minimum absolute atomic E-state index is 0.566. The second-order valence-corrected chi connectivity index (χ2v) is 5.43. The Morgan fingerprint density at radius 1 is 0.826 bits per heavy atom. The van der Waals surface area contributed by atoms with Gasteiger partial charge in [-0.05, 0) is 44.0 Å². The number of hydrogen-bond donors (Lipinski definition) is 0. The molecule has 0 spiro atoms. The predicted octanol–water partition coefficient (Wildman–Crippen LogP) is 4.39. The maximum absolute atomic E-state index is 5.48. The Morgan fingerprint density at radius 2 is 1.43 bits per heavy atom. The fraction of sp³-hybridized carbons (Fsp3) is 0.316. The molecule has 4 nitrogen and oxygen atoms in total. The van der Waals surface area contributed by atoms with Crippen molar-refractivity contribution in [2.24, 2.45) is 4.99 Å². The number of ether oxygens (including phenoxy) is 3. The van der Waals surface area contributed by atoms with Crippen molar-refractivity contribution in [3.8, 4) is 17.2 Å². The monoisotopic (exact) mass is 313 g/mol. The molecule has 0 unspecified atom stereocenters. The van der Waals surface area contributed by atoms with Gasteiger partial charge in [-0.3, -0.25) is 4.99 Å². The molecular formula is C19H23NO3. The summed E-state index contributed by atoms with van der Waals surface area (Å²) in [4.78, 5) is 4.65. The zero-order chi connectivity index (χ0) is 17.0. The summed E-state index contributed by atoms with van der Waals surface area (Å²) in [6.45, 7) is 6.22. The summed E-state index contributed by atoms with van der Waals surface area (Å²) in [6, 6.07) is 8.01. The van der Waals surface area contributed by atoms with Crippen LogP contribution >= 0.6 is 0 Å². The number of nitrogens with zero attached hydrogens (tertiary/aromatic N) is 1. The van der Waals surface area contributed by atoms with E-state index in [0.717, 1.165) is 22.4 Å². The standard InChI is InChI=1S/C19H23NO3/c1-12-9-13(2)17(14(3)10-12)20-11-15-7-8-16(21-4)19(23-6)18(15)22-5/h7-11H,1-6H3. The summed E-state index contributed by atoms with van der Waals surface area (Å²) in [5, 5.41) is 0. The third-order valence-electron chi connectivity index (χ3n) is 3.70. The van der Waals surface area contributed by atoms with E-state index in [1.165, 1.54) is 5.56 Å². The van der Waals surface area contributed by atoms with Crippen molar-refractivity contribution in [3.63, 3.8) is 0 Å². The normalized spacial score (nSPS) is 10.9. The number of aliphatic imine (C=N–C) groups is 1. The molecule has 122 valence electrons. The highest BCUT2D eigenvalue weighted by atomic mass is 16.5. The Hall–Kier alpha value is -2.49. The quantitative estimate of drug-likeness (QED) is 0.769. The van der Waals surface area contributed by atoms with Gasteiger partial charge in [0, 0.05) is 11.8 Å². The third-order valence-corrected chi connectivity index (χ3v) is 3.70. The number of benzene rings is 2. The van der Waals surface area contributed by atoms with E-state index in [4.69, 9.17) is 14.2 Å². The van der Waals surface area contributed by atoms with Crippen molar-refractivity contribution >= 4 is 11.9 Å². The van der Waals surface area contributed by atoms with Gasteiger partial charge in [0.2, 0.25) is 5.75 Å². The molecule has 0 heterocycles. The summed E-state index contributed by atoms with van der Waals surface area (Å²) in [5.41, 5.74) is 5.36. The SMILES string of the molecule is COc1ccc(C=Nc2c(C)cc(C)cc2C)c(OC)c1OC. The molecule has 2 aromatic rings. The van der Waals surface area contributed by atoms with Gasteiger partial charge in [-0.2, -0.15) is 0 Å². The second-order valence-electron chi connectivity index (χ2n) is 5.43. The average molecular weight is 313 g/mol. The second kappa shape index (κ2) is 7.18. The molecule has 0 radical (unpaired) electrons. The van der Waals surface area contributed by atoms with Crippen LogP contribution in [0.2, 0.25) is 0 Å². The van der Waals surface area contributed by atoms with Gasteiger partial charge >= 0.3 is 0 Å². The van der Waals surface area contributed by atoms with Crippen molar-refractivity contribution < 1.29 is 14.2 Å². The molecule has 4 heteroatoms. The van der Waals surface area contributed by atoms with Crippen LogP contribution in [0.3, 0.4) is 0 Å². The molecular weight excluding hydrogens is 290 g/mol. The zero-order valence-electron chi connectivity index (χ0n) is 14.6. The summed E-state index contributed by atoms with van der Waals surface area (Å²) >= 11 is 0. The fourth-order valence-corrected chi connectivity index (χ4v) is 2.74. The predicted molar refractivity (Wildman–Crippen MR) is 94.0 cm³/mol. The zero-order valence-corrected chi connectivity index (χ0v) is 14.6. The maximum atomic E-state index is 5.48. The minimum atomic E-state index is 0.566. The first-order valence-electron chi connectivity index (χ1n) is 7.42. The van der Waals surface area contributed by atoms with E-state index in [0.29, 0.717) is 17.2 Å². The van der Waals surface area contributed by atoms with E-state index in [1.807, 2.05) is 12.1 Å². The van der Waals surface area contributed by atoms with Crippen LogP contribution in [0, 0.1) is 20.8 Å². The van der Waals surface area contributed by atoms with Crippen LogP contribution in [-0.2, 0) is 0 Å². The Morgan fingerprint density at radius 3 is 1.96 bits per heavy atom. The Bertz CT molecular complexity index is 713. The Kier molecular flexibility index (Phi) is 5.27. The smallest absolute Gasteiger partial charge is 0.203 e. The van der Waals surface area contributed by atoms with Gasteiger partial charge in [0.15, 0.2) is 11.5 Å². The lowest BCUT2D eigenvalue weighted by Crippen LogP contribution is -1.98. The van der Waals surface area contributed by atoms with Crippen LogP contribution in [0.4, 0.5) is 5.69 Å². The molecule has 0 fully saturated rings. The van der Waals surface area contributed by atoms with Crippen LogP contribution in [0.25, 0.3) is 0 Å². The first-order chi connectivity index (χ1) is 11.0. The highest BCUT2D eigenvalue weighted by Crippen LogP contribution is 2.39. The highest BCUT2D eigenvalue weighted by Gasteiger charge is 2.14. The van der Waals surface area contributed by atoms with Gasteiger partial charge in [0.1, 0.15) is 0 Å². The topological polar surface area (TPSA) is 40.0 Å². The first kappa shape index (κ1) is 16.9. The van der Waals surface area contributed by atoms with Gasteiger partial charge < -0.3 is 14.2 Å². The maximum Gasteiger partial charge on any atom is 0.203 e. The van der Waals surface area contributed by atoms with Gasteiger partial charge in [-0.1, -0.05) is 17.7 Å². The Balaban J connectivity index is 2.48. The van der Waals surface area contributed by atoms with E-state index in [9.17, 15) is 0 Å². The molecule has 0 amide bonds. The lowest BCUT2D eigenvalue weighted by molar-refractivity contribution is 0.324. The van der Waals surface area contributed by atoms with Crippen LogP contribution in [0.1, 0.15) is 22.3 Å². The largest absolute Gasteiger partial charge is 0.493 e. The van der Waals surface area contributed by atoms with Gasteiger partial charge in [-0.25, -0.2) is 0 Å². The van der Waals surface area contributed by atoms with Crippen molar-refractivity contribution in [3.05, 3.63) is 46.5 Å². The van der Waals surface area contributed by atoms with Crippen LogP contribution in [-0.4, -0.2) is 27.5 Å². The summed E-state index contributed by atoms with van der Waals surface area (Å²) in [5.74, 6) is 1.80. The molecule has 0 aliphatic heterocycles. The summed E-state index contributed by atoms with van der Waals surface area (Å²) in [6.07, 6.45) is 1.80. The van der Waals surface area contributed by atoms with Crippen LogP contribution in [0.15, 0.2) is 29.3 Å². The first-order valence-corrected chi connectivity index (χ1v) is 7.42. The summed E-state index contributed by atoms with van der Waals surface area (Å²) < 4.78 is 16.2. The molecule has 0 saturated carbocycles. The molecule has 0 aliphatic carbocycles. The number of hydrogen-bond acceptors (Lipinski definition) is 4. The van der Waals surface area contributed by atoms with Gasteiger partial charge in [0.05, 0.1) is 27.0 Å². The fourth-order valence-electron chi connectivity index (χ4n) is 2.74. The van der Waals surface area contributed by atoms with E-state index < -0.39 is 0 Å². The number of aryl methyl sites for hydroxylation is 3. The molecule has 0 aliphatic rings. The van der Waals surface area contributed by atoms with E-state index in [1.54, 1.807) is 27.5 Å². The summed E-state index contributed by atoms with van der Waals surface area (Å²) in [7, 11) is 4.80. The van der Waals surface area contributed by atoms with Crippen LogP contribution < -0.4 is 14.2 Å². The Labute approximate surface area is 137 Å². The minimum Gasteiger partial charge on any atom is -0.493 e. The molecule has 0 atom stereocenters. The van der Waals surface area contributed by atoms with Crippen LogP contribution in [0.5, 0.6) is 17.2 Å². The molecule has 2 aromatic carbocycles. The van der Waals surface area contributed by atoms with E-state index >= 15 is 0 Å². The van der Waals surface area contributed by atoms with Gasteiger partial charge in [-0.15, -0.1) is 0 Å². The number of rotatable bonds is 5. The van der Waals surface area contributed by atoms with Crippen molar-refractivity contribution in [2.45, 2.75) is 20.8 Å². The van der Waals surface area contributed by atoms with Gasteiger partial charge in [0.25, 0.3) is 0 Å². The third kappa shape index (κ3) is 3.47. The molecule has 0 N–H and O–H groups in total. The molecule has 0 aromatic heterocycles. The van der Waals surface area contributed by atoms with Crippen molar-refractivity contribution in [1.82, 2.24) is 0 Å². The molecule has 0 saturated heterocycles. The highest BCUT2D eigenvalue weighted by molar-refractivity contribution is 5.88. The molecule has 0 bridgehead atoms. The molecule has 2 rings (SSSR count). The molecule has 23 heavy (non-hydrogen) atoms. The lowest BCUT2D eigenvalue weighted by Gasteiger charge is -2.14. The van der Waals surface area contributed by atoms with Crippen molar-refractivity contribution in [2.75, 3.05) is 21.3 Å².